The summed E-state index contributed by atoms with van der Waals surface area (Å²) in [4.78, 5) is 1.66. The number of nitrogen functional groups attached to an aromatic ring is 1. The highest BCUT2D eigenvalue weighted by Crippen LogP contribution is 2.31. The summed E-state index contributed by atoms with van der Waals surface area (Å²) in [5.41, 5.74) is 6.06. The SMILES string of the molecule is COCCN(CCO)c1ccc(N)cc1C(F)F. The first kappa shape index (κ1) is 14.7. The summed E-state index contributed by atoms with van der Waals surface area (Å²) < 4.78 is 30.8. The first-order valence-corrected chi connectivity index (χ1v) is 5.62. The molecule has 18 heavy (non-hydrogen) atoms. The molecule has 0 aromatic heterocycles. The minimum absolute atomic E-state index is 0.114. The lowest BCUT2D eigenvalue weighted by Gasteiger charge is -2.26. The van der Waals surface area contributed by atoms with E-state index in [0.717, 1.165) is 0 Å². The van der Waals surface area contributed by atoms with Crippen LogP contribution in [0.15, 0.2) is 18.2 Å². The summed E-state index contributed by atoms with van der Waals surface area (Å²) >= 11 is 0. The number of anilines is 2. The lowest BCUT2D eigenvalue weighted by Crippen LogP contribution is -2.31. The average molecular weight is 260 g/mol. The van der Waals surface area contributed by atoms with Gasteiger partial charge < -0.3 is 20.5 Å². The van der Waals surface area contributed by atoms with Gasteiger partial charge in [0.05, 0.1) is 13.2 Å². The molecule has 102 valence electrons. The number of nitrogens with two attached hydrogens (primary N) is 1. The van der Waals surface area contributed by atoms with E-state index < -0.39 is 6.43 Å². The highest BCUT2D eigenvalue weighted by molar-refractivity contribution is 5.60. The normalized spacial score (nSPS) is 10.9. The smallest absolute Gasteiger partial charge is 0.265 e. The van der Waals surface area contributed by atoms with Gasteiger partial charge in [-0.1, -0.05) is 0 Å². The third kappa shape index (κ3) is 3.82. The van der Waals surface area contributed by atoms with Crippen molar-refractivity contribution in [3.05, 3.63) is 23.8 Å². The van der Waals surface area contributed by atoms with E-state index >= 15 is 0 Å². The van der Waals surface area contributed by atoms with E-state index in [4.69, 9.17) is 15.6 Å². The van der Waals surface area contributed by atoms with E-state index in [1.807, 2.05) is 0 Å². The molecule has 0 atom stereocenters. The molecule has 0 aliphatic rings. The Morgan fingerprint density at radius 2 is 2.11 bits per heavy atom. The van der Waals surface area contributed by atoms with Crippen molar-refractivity contribution >= 4 is 11.4 Å². The number of halogens is 2. The Labute approximate surface area is 105 Å². The van der Waals surface area contributed by atoms with E-state index in [-0.39, 0.29) is 18.7 Å². The highest BCUT2D eigenvalue weighted by Gasteiger charge is 2.17. The van der Waals surface area contributed by atoms with Gasteiger partial charge in [-0.05, 0) is 18.2 Å². The maximum Gasteiger partial charge on any atom is 0.265 e. The van der Waals surface area contributed by atoms with Crippen LogP contribution in [0.4, 0.5) is 20.2 Å². The van der Waals surface area contributed by atoms with Crippen LogP contribution in [0, 0.1) is 0 Å². The molecule has 0 radical (unpaired) electrons. The molecule has 0 bridgehead atoms. The van der Waals surface area contributed by atoms with Crippen molar-refractivity contribution in [3.63, 3.8) is 0 Å². The van der Waals surface area contributed by atoms with Crippen LogP contribution in [0.1, 0.15) is 12.0 Å². The van der Waals surface area contributed by atoms with Gasteiger partial charge in [0, 0.05) is 37.1 Å². The van der Waals surface area contributed by atoms with Gasteiger partial charge in [0.15, 0.2) is 0 Å². The second-order valence-electron chi connectivity index (χ2n) is 3.82. The van der Waals surface area contributed by atoms with Crippen LogP contribution >= 0.6 is 0 Å². The van der Waals surface area contributed by atoms with Crippen LogP contribution in [0.3, 0.4) is 0 Å². The molecule has 0 amide bonds. The third-order valence-electron chi connectivity index (χ3n) is 2.56. The fourth-order valence-electron chi connectivity index (χ4n) is 1.71. The lowest BCUT2D eigenvalue weighted by atomic mass is 10.1. The Kier molecular flexibility index (Phi) is 5.80. The molecule has 0 saturated carbocycles. The molecule has 0 aliphatic carbocycles. The van der Waals surface area contributed by atoms with Gasteiger partial charge in [-0.15, -0.1) is 0 Å². The van der Waals surface area contributed by atoms with E-state index in [0.29, 0.717) is 24.5 Å². The minimum atomic E-state index is -2.60. The van der Waals surface area contributed by atoms with Crippen molar-refractivity contribution in [1.82, 2.24) is 0 Å². The van der Waals surface area contributed by atoms with Crippen LogP contribution in [0.2, 0.25) is 0 Å². The number of hydrogen-bond acceptors (Lipinski definition) is 4. The molecule has 0 heterocycles. The van der Waals surface area contributed by atoms with Crippen molar-refractivity contribution in [2.75, 3.05) is 44.0 Å². The van der Waals surface area contributed by atoms with Crippen LogP contribution in [-0.4, -0.2) is 38.5 Å². The third-order valence-corrected chi connectivity index (χ3v) is 2.56. The second kappa shape index (κ2) is 7.13. The Morgan fingerprint density at radius 1 is 1.39 bits per heavy atom. The average Bonchev–Trinajstić information content (AvgIpc) is 2.34. The van der Waals surface area contributed by atoms with E-state index in [9.17, 15) is 8.78 Å². The summed E-state index contributed by atoms with van der Waals surface area (Å²) in [6.07, 6.45) is -2.60. The number of aliphatic hydroxyl groups is 1. The molecular formula is C12H18F2N2O2. The molecule has 0 saturated heterocycles. The number of nitrogens with zero attached hydrogens (tertiary/aromatic N) is 1. The zero-order valence-corrected chi connectivity index (χ0v) is 10.3. The highest BCUT2D eigenvalue weighted by atomic mass is 19.3. The van der Waals surface area contributed by atoms with Gasteiger partial charge in [-0.25, -0.2) is 8.78 Å². The molecule has 1 aromatic carbocycles. The number of ether oxygens (including phenoxy) is 1. The number of rotatable bonds is 7. The number of methoxy groups -OCH3 is 1. The molecule has 0 aliphatic heterocycles. The summed E-state index contributed by atoms with van der Waals surface area (Å²) in [6.45, 7) is 0.984. The molecule has 0 fully saturated rings. The van der Waals surface area contributed by atoms with Crippen molar-refractivity contribution < 1.29 is 18.6 Å². The maximum atomic E-state index is 13.0. The van der Waals surface area contributed by atoms with Gasteiger partial charge in [0.2, 0.25) is 0 Å². The summed E-state index contributed by atoms with van der Waals surface area (Å²) in [6, 6.07) is 4.37. The van der Waals surface area contributed by atoms with E-state index in [1.165, 1.54) is 13.2 Å². The molecule has 1 aromatic rings. The zero-order valence-electron chi connectivity index (χ0n) is 10.3. The molecule has 3 N–H and O–H groups in total. The van der Waals surface area contributed by atoms with Crippen LogP contribution < -0.4 is 10.6 Å². The molecule has 6 heteroatoms. The fourth-order valence-corrected chi connectivity index (χ4v) is 1.71. The van der Waals surface area contributed by atoms with Crippen LogP contribution in [0.5, 0.6) is 0 Å². The first-order valence-electron chi connectivity index (χ1n) is 5.62. The van der Waals surface area contributed by atoms with Crippen molar-refractivity contribution in [1.29, 1.82) is 0 Å². The first-order chi connectivity index (χ1) is 8.60. The zero-order chi connectivity index (χ0) is 13.5. The molecule has 0 unspecified atom stereocenters. The maximum absolute atomic E-state index is 13.0. The Hall–Kier alpha value is -1.40. The fraction of sp³-hybridized carbons (Fsp3) is 0.500. The van der Waals surface area contributed by atoms with Gasteiger partial charge in [0.1, 0.15) is 0 Å². The quantitative estimate of drug-likeness (QED) is 0.732. The summed E-state index contributed by atoms with van der Waals surface area (Å²) in [5, 5.41) is 8.99. The van der Waals surface area contributed by atoms with Crippen LogP contribution in [-0.2, 0) is 4.74 Å². The number of alkyl halides is 2. The Balaban J connectivity index is 3.01. The van der Waals surface area contributed by atoms with Gasteiger partial charge in [-0.2, -0.15) is 0 Å². The van der Waals surface area contributed by atoms with Gasteiger partial charge in [-0.3, -0.25) is 0 Å². The van der Waals surface area contributed by atoms with E-state index in [1.54, 1.807) is 17.0 Å². The Morgan fingerprint density at radius 3 is 2.67 bits per heavy atom. The van der Waals surface area contributed by atoms with Crippen molar-refractivity contribution in [3.8, 4) is 0 Å². The summed E-state index contributed by atoms with van der Waals surface area (Å²) in [5.74, 6) is 0. The molecule has 4 nitrogen and oxygen atoms in total. The van der Waals surface area contributed by atoms with Crippen molar-refractivity contribution in [2.45, 2.75) is 6.43 Å². The molecule has 1 rings (SSSR count). The number of hydrogen-bond donors (Lipinski definition) is 2. The minimum Gasteiger partial charge on any atom is -0.399 e. The van der Waals surface area contributed by atoms with E-state index in [2.05, 4.69) is 0 Å². The van der Waals surface area contributed by atoms with Crippen molar-refractivity contribution in [2.24, 2.45) is 0 Å². The van der Waals surface area contributed by atoms with Gasteiger partial charge in [0.25, 0.3) is 6.43 Å². The lowest BCUT2D eigenvalue weighted by molar-refractivity contribution is 0.151. The second-order valence-corrected chi connectivity index (χ2v) is 3.82. The standard InChI is InChI=1S/C12H18F2N2O2/c1-18-7-5-16(4-6-17)11-3-2-9(15)8-10(11)12(13)14/h2-3,8,12,17H,4-7,15H2,1H3. The largest absolute Gasteiger partial charge is 0.399 e. The summed E-state index contributed by atoms with van der Waals surface area (Å²) in [7, 11) is 1.54. The number of benzene rings is 1. The number of aliphatic hydroxyl groups excluding tert-OH is 1. The van der Waals surface area contributed by atoms with Gasteiger partial charge >= 0.3 is 0 Å². The van der Waals surface area contributed by atoms with Crippen LogP contribution in [0.25, 0.3) is 0 Å². The molecule has 0 spiro atoms. The monoisotopic (exact) mass is 260 g/mol. The predicted molar refractivity (Wildman–Crippen MR) is 67.0 cm³/mol. The molecular weight excluding hydrogens is 242 g/mol. The predicted octanol–water partition coefficient (Wildman–Crippen LogP) is 1.65. The topological polar surface area (TPSA) is 58.7 Å². The Bertz CT molecular complexity index is 375.